The van der Waals surface area contributed by atoms with E-state index in [9.17, 15) is 4.79 Å². The summed E-state index contributed by atoms with van der Waals surface area (Å²) < 4.78 is 0. The molecular weight excluding hydrogens is 308 g/mol. The van der Waals surface area contributed by atoms with Crippen molar-refractivity contribution in [2.24, 2.45) is 0 Å². The van der Waals surface area contributed by atoms with Crippen molar-refractivity contribution < 1.29 is 4.79 Å². The Morgan fingerprint density at radius 2 is 2.10 bits per heavy atom. The Kier molecular flexibility index (Phi) is 5.14. The first-order chi connectivity index (χ1) is 10.0. The van der Waals surface area contributed by atoms with E-state index in [1.807, 2.05) is 13.8 Å². The number of nitrogens with zero attached hydrogens (tertiary/aromatic N) is 2. The van der Waals surface area contributed by atoms with E-state index in [0.717, 1.165) is 23.5 Å². The molecule has 0 unspecified atom stereocenters. The van der Waals surface area contributed by atoms with Crippen LogP contribution < -0.4 is 10.6 Å². The number of aryl methyl sites for hydroxylation is 2. The molecule has 0 aliphatic heterocycles. The van der Waals surface area contributed by atoms with E-state index in [1.54, 1.807) is 12.1 Å². The Morgan fingerprint density at radius 1 is 1.33 bits per heavy atom. The number of nitrogens with one attached hydrogen (secondary N) is 2. The van der Waals surface area contributed by atoms with Gasteiger partial charge >= 0.3 is 0 Å². The SMILES string of the molecule is CCCNc1ccc(Cl)c(C(=O)Nc2nc(C)c(C)s2)n1. The topological polar surface area (TPSA) is 66.9 Å². The summed E-state index contributed by atoms with van der Waals surface area (Å²) in [5, 5.41) is 6.74. The molecule has 0 bridgehead atoms. The van der Waals surface area contributed by atoms with Crippen LogP contribution in [0.5, 0.6) is 0 Å². The number of thiazole rings is 1. The number of rotatable bonds is 5. The fourth-order valence-corrected chi connectivity index (χ4v) is 2.64. The number of carbonyl (C=O) groups excluding carboxylic acids is 1. The highest BCUT2D eigenvalue weighted by molar-refractivity contribution is 7.15. The molecule has 0 atom stereocenters. The minimum atomic E-state index is -0.353. The third-order valence-corrected chi connectivity index (χ3v) is 4.16. The molecule has 5 nitrogen and oxygen atoms in total. The molecule has 2 N–H and O–H groups in total. The Labute approximate surface area is 132 Å². The van der Waals surface area contributed by atoms with E-state index in [2.05, 4.69) is 27.5 Å². The quantitative estimate of drug-likeness (QED) is 0.875. The van der Waals surface area contributed by atoms with Crippen LogP contribution in [0.3, 0.4) is 0 Å². The molecule has 2 heterocycles. The van der Waals surface area contributed by atoms with Gasteiger partial charge in [-0.3, -0.25) is 10.1 Å². The summed E-state index contributed by atoms with van der Waals surface area (Å²) in [6.07, 6.45) is 0.976. The van der Waals surface area contributed by atoms with Gasteiger partial charge in [0.1, 0.15) is 11.5 Å². The van der Waals surface area contributed by atoms with Gasteiger partial charge in [0, 0.05) is 11.4 Å². The van der Waals surface area contributed by atoms with Gasteiger partial charge in [-0.1, -0.05) is 18.5 Å². The van der Waals surface area contributed by atoms with Gasteiger partial charge in [0.15, 0.2) is 5.13 Å². The minimum Gasteiger partial charge on any atom is -0.370 e. The fourth-order valence-electron chi connectivity index (χ4n) is 1.64. The monoisotopic (exact) mass is 324 g/mol. The van der Waals surface area contributed by atoms with Gasteiger partial charge in [-0.2, -0.15) is 0 Å². The maximum absolute atomic E-state index is 12.3. The third-order valence-electron chi connectivity index (χ3n) is 2.87. The normalized spacial score (nSPS) is 10.5. The smallest absolute Gasteiger partial charge is 0.277 e. The van der Waals surface area contributed by atoms with Crippen LogP contribution in [0.4, 0.5) is 10.9 Å². The highest BCUT2D eigenvalue weighted by atomic mass is 35.5. The molecular formula is C14H17ClN4OS. The zero-order valence-corrected chi connectivity index (χ0v) is 13.7. The predicted octanol–water partition coefficient (Wildman–Crippen LogP) is 3.88. The van der Waals surface area contributed by atoms with Crippen LogP contribution >= 0.6 is 22.9 Å². The molecule has 21 heavy (non-hydrogen) atoms. The summed E-state index contributed by atoms with van der Waals surface area (Å²) >= 11 is 7.49. The first kappa shape index (κ1) is 15.7. The van der Waals surface area contributed by atoms with E-state index in [4.69, 9.17) is 11.6 Å². The molecule has 1 amide bonds. The molecule has 0 radical (unpaired) electrons. The van der Waals surface area contributed by atoms with E-state index in [0.29, 0.717) is 16.0 Å². The van der Waals surface area contributed by atoms with E-state index < -0.39 is 0 Å². The summed E-state index contributed by atoms with van der Waals surface area (Å²) in [4.78, 5) is 21.9. The molecule has 2 aromatic heterocycles. The lowest BCUT2D eigenvalue weighted by Gasteiger charge is -2.07. The third kappa shape index (κ3) is 3.92. The Balaban J connectivity index is 2.17. The zero-order valence-electron chi connectivity index (χ0n) is 12.2. The number of amides is 1. The predicted molar refractivity (Wildman–Crippen MR) is 87.6 cm³/mol. The molecule has 0 aliphatic rings. The summed E-state index contributed by atoms with van der Waals surface area (Å²) in [5.41, 5.74) is 1.11. The number of anilines is 2. The Morgan fingerprint density at radius 3 is 2.71 bits per heavy atom. The summed E-state index contributed by atoms with van der Waals surface area (Å²) in [6.45, 7) is 6.72. The van der Waals surface area contributed by atoms with Crippen molar-refractivity contribution in [3.05, 3.63) is 33.4 Å². The second-order valence-corrected chi connectivity index (χ2v) is 6.18. The maximum atomic E-state index is 12.3. The Hall–Kier alpha value is -1.66. The van der Waals surface area contributed by atoms with Crippen LogP contribution in [-0.4, -0.2) is 22.4 Å². The van der Waals surface area contributed by atoms with Crippen molar-refractivity contribution in [3.8, 4) is 0 Å². The van der Waals surface area contributed by atoms with Gasteiger partial charge in [-0.25, -0.2) is 9.97 Å². The number of halogens is 1. The number of hydrogen-bond acceptors (Lipinski definition) is 5. The molecule has 0 saturated carbocycles. The molecule has 0 aromatic carbocycles. The highest BCUT2D eigenvalue weighted by Crippen LogP contribution is 2.23. The molecule has 2 aromatic rings. The van der Waals surface area contributed by atoms with Crippen molar-refractivity contribution in [1.29, 1.82) is 0 Å². The first-order valence-electron chi connectivity index (χ1n) is 6.67. The standard InChI is InChI=1S/C14H17ClN4OS/c1-4-7-16-11-6-5-10(15)12(18-11)13(20)19-14-17-8(2)9(3)21-14/h5-6H,4,7H2,1-3H3,(H,16,18)(H,17,19,20). The second-order valence-electron chi connectivity index (χ2n) is 4.57. The van der Waals surface area contributed by atoms with Crippen LogP contribution in [-0.2, 0) is 0 Å². The van der Waals surface area contributed by atoms with Crippen LogP contribution in [0.1, 0.15) is 34.4 Å². The lowest BCUT2D eigenvalue weighted by Crippen LogP contribution is -2.15. The largest absolute Gasteiger partial charge is 0.370 e. The minimum absolute atomic E-state index is 0.197. The van der Waals surface area contributed by atoms with Crippen LogP contribution in [0, 0.1) is 13.8 Å². The molecule has 0 fully saturated rings. The van der Waals surface area contributed by atoms with Gasteiger partial charge in [-0.15, -0.1) is 11.3 Å². The van der Waals surface area contributed by atoms with Crippen molar-refractivity contribution in [2.75, 3.05) is 17.2 Å². The van der Waals surface area contributed by atoms with Crippen molar-refractivity contribution in [2.45, 2.75) is 27.2 Å². The van der Waals surface area contributed by atoms with Crippen LogP contribution in [0.2, 0.25) is 5.02 Å². The molecule has 0 saturated heterocycles. The van der Waals surface area contributed by atoms with Gasteiger partial charge < -0.3 is 5.32 Å². The number of aromatic nitrogens is 2. The molecule has 112 valence electrons. The van der Waals surface area contributed by atoms with E-state index >= 15 is 0 Å². The molecule has 0 spiro atoms. The summed E-state index contributed by atoms with van der Waals surface area (Å²) in [7, 11) is 0. The van der Waals surface area contributed by atoms with Gasteiger partial charge in [0.05, 0.1) is 10.7 Å². The molecule has 7 heteroatoms. The van der Waals surface area contributed by atoms with Crippen LogP contribution in [0.25, 0.3) is 0 Å². The fraction of sp³-hybridized carbons (Fsp3) is 0.357. The number of carbonyl (C=O) groups is 1. The number of hydrogen-bond donors (Lipinski definition) is 2. The summed E-state index contributed by atoms with van der Waals surface area (Å²) in [6, 6.07) is 3.42. The highest BCUT2D eigenvalue weighted by Gasteiger charge is 2.15. The number of pyridine rings is 1. The molecule has 0 aliphatic carbocycles. The maximum Gasteiger partial charge on any atom is 0.277 e. The van der Waals surface area contributed by atoms with Gasteiger partial charge in [0.2, 0.25) is 0 Å². The van der Waals surface area contributed by atoms with Crippen molar-refractivity contribution in [3.63, 3.8) is 0 Å². The second kappa shape index (κ2) is 6.87. The first-order valence-corrected chi connectivity index (χ1v) is 7.86. The Bertz CT molecular complexity index is 637. The average Bonchev–Trinajstić information content (AvgIpc) is 2.76. The molecule has 2 rings (SSSR count). The average molecular weight is 325 g/mol. The van der Waals surface area contributed by atoms with Crippen molar-refractivity contribution >= 4 is 39.8 Å². The van der Waals surface area contributed by atoms with Crippen LogP contribution in [0.15, 0.2) is 12.1 Å². The summed E-state index contributed by atoms with van der Waals surface area (Å²) in [5.74, 6) is 0.284. The zero-order chi connectivity index (χ0) is 15.4. The van der Waals surface area contributed by atoms with Gasteiger partial charge in [-0.05, 0) is 32.4 Å². The lowest BCUT2D eigenvalue weighted by atomic mass is 10.3. The lowest BCUT2D eigenvalue weighted by molar-refractivity contribution is 0.102. The van der Waals surface area contributed by atoms with Crippen molar-refractivity contribution in [1.82, 2.24) is 9.97 Å². The van der Waals surface area contributed by atoms with Gasteiger partial charge in [0.25, 0.3) is 5.91 Å². The van der Waals surface area contributed by atoms with E-state index in [-0.39, 0.29) is 11.6 Å². The van der Waals surface area contributed by atoms with E-state index in [1.165, 1.54) is 11.3 Å².